The number of imide groups is 1. The van der Waals surface area contributed by atoms with E-state index in [1.165, 1.54) is 25.8 Å². The van der Waals surface area contributed by atoms with Crippen LogP contribution in [0.5, 0.6) is 0 Å². The van der Waals surface area contributed by atoms with Gasteiger partial charge in [0.05, 0.1) is 0 Å². The maximum Gasteiger partial charge on any atom is 0.322 e. The van der Waals surface area contributed by atoms with Crippen LogP contribution in [0, 0.1) is 5.92 Å². The number of carbonyl (C=O) groups is 2. The van der Waals surface area contributed by atoms with Gasteiger partial charge in [0.2, 0.25) is 0 Å². The molecular weight excluding hydrogens is 242 g/mol. The van der Waals surface area contributed by atoms with Gasteiger partial charge in [-0.2, -0.15) is 0 Å². The molecule has 1 aliphatic heterocycles. The van der Waals surface area contributed by atoms with E-state index in [4.69, 9.17) is 0 Å². The molecule has 1 saturated heterocycles. The normalized spacial score (nSPS) is 35.4. The molecule has 2 N–H and O–H groups in total. The monoisotopic (exact) mass is 265 g/mol. The molecule has 3 aliphatic rings. The first kappa shape index (κ1) is 12.9. The Bertz CT molecular complexity index is 384. The lowest BCUT2D eigenvalue weighted by Gasteiger charge is -2.40. The molecule has 3 amide bonds. The van der Waals surface area contributed by atoms with Gasteiger partial charge in [0, 0.05) is 12.6 Å². The summed E-state index contributed by atoms with van der Waals surface area (Å²) in [6, 6.07) is 0.239. The van der Waals surface area contributed by atoms with E-state index in [9.17, 15) is 9.59 Å². The Morgan fingerprint density at radius 3 is 2.37 bits per heavy atom. The number of urea groups is 1. The van der Waals surface area contributed by atoms with E-state index >= 15 is 0 Å². The molecule has 5 nitrogen and oxygen atoms in total. The summed E-state index contributed by atoms with van der Waals surface area (Å²) in [6.07, 6.45) is 7.67. The fraction of sp³-hybridized carbons (Fsp3) is 0.857. The Hall–Kier alpha value is -1.10. The van der Waals surface area contributed by atoms with Crippen molar-refractivity contribution in [3.63, 3.8) is 0 Å². The summed E-state index contributed by atoms with van der Waals surface area (Å²) in [5.41, 5.74) is -0.606. The van der Waals surface area contributed by atoms with Crippen LogP contribution in [0.25, 0.3) is 0 Å². The summed E-state index contributed by atoms with van der Waals surface area (Å²) >= 11 is 0. The lowest BCUT2D eigenvalue weighted by Crippen LogP contribution is -2.52. The smallest absolute Gasteiger partial charge is 0.322 e. The molecule has 0 aromatic carbocycles. The predicted molar refractivity (Wildman–Crippen MR) is 71.6 cm³/mol. The Balaban J connectivity index is 1.54. The van der Waals surface area contributed by atoms with Gasteiger partial charge in [0.25, 0.3) is 5.91 Å². The summed E-state index contributed by atoms with van der Waals surface area (Å²) in [6.45, 7) is 1.19. The number of hydrogen-bond acceptors (Lipinski definition) is 3. The van der Waals surface area contributed by atoms with Crippen LogP contribution in [0.15, 0.2) is 0 Å². The molecule has 2 aliphatic carbocycles. The van der Waals surface area contributed by atoms with Crippen molar-refractivity contribution in [2.45, 2.75) is 56.5 Å². The number of hydrogen-bond donors (Lipinski definition) is 2. The van der Waals surface area contributed by atoms with Crippen molar-refractivity contribution in [3.05, 3.63) is 0 Å². The first-order valence-corrected chi connectivity index (χ1v) is 7.43. The third-order valence-electron chi connectivity index (χ3n) is 5.22. The van der Waals surface area contributed by atoms with Crippen LogP contribution in [-0.4, -0.2) is 42.0 Å². The Kier molecular flexibility index (Phi) is 3.25. The highest BCUT2D eigenvalue weighted by Gasteiger charge is 2.48. The van der Waals surface area contributed by atoms with Crippen molar-refractivity contribution in [2.75, 3.05) is 13.6 Å². The van der Waals surface area contributed by atoms with Gasteiger partial charge < -0.3 is 10.2 Å². The van der Waals surface area contributed by atoms with Crippen molar-refractivity contribution >= 4 is 11.9 Å². The Morgan fingerprint density at radius 1 is 1.21 bits per heavy atom. The van der Waals surface area contributed by atoms with Crippen LogP contribution in [0.3, 0.4) is 0 Å². The lowest BCUT2D eigenvalue weighted by atomic mass is 9.78. The molecule has 3 rings (SSSR count). The molecule has 5 heteroatoms. The van der Waals surface area contributed by atoms with Crippen LogP contribution in [0.4, 0.5) is 4.79 Å². The van der Waals surface area contributed by atoms with E-state index in [1.807, 2.05) is 0 Å². The molecule has 19 heavy (non-hydrogen) atoms. The van der Waals surface area contributed by atoms with Gasteiger partial charge in [0.15, 0.2) is 0 Å². The van der Waals surface area contributed by atoms with Gasteiger partial charge in [-0.25, -0.2) is 4.79 Å². The van der Waals surface area contributed by atoms with E-state index in [0.29, 0.717) is 6.04 Å². The van der Waals surface area contributed by atoms with Crippen molar-refractivity contribution < 1.29 is 9.59 Å². The maximum absolute atomic E-state index is 11.9. The third-order valence-corrected chi connectivity index (χ3v) is 5.22. The highest BCUT2D eigenvalue weighted by Crippen LogP contribution is 2.34. The topological polar surface area (TPSA) is 61.4 Å². The molecule has 0 aromatic rings. The zero-order valence-corrected chi connectivity index (χ0v) is 11.6. The molecule has 0 atom stereocenters. The minimum absolute atomic E-state index is 0.127. The molecule has 1 heterocycles. The number of nitrogens with zero attached hydrogens (tertiary/aromatic N) is 1. The van der Waals surface area contributed by atoms with Gasteiger partial charge in [-0.3, -0.25) is 10.1 Å². The summed E-state index contributed by atoms with van der Waals surface area (Å²) in [7, 11) is 2.20. The molecule has 3 fully saturated rings. The largest absolute Gasteiger partial charge is 0.323 e. The molecule has 0 unspecified atom stereocenters. The fourth-order valence-electron chi connectivity index (χ4n) is 3.65. The summed E-state index contributed by atoms with van der Waals surface area (Å²) in [4.78, 5) is 25.6. The highest BCUT2D eigenvalue weighted by molar-refractivity contribution is 6.07. The average molecular weight is 265 g/mol. The fourth-order valence-corrected chi connectivity index (χ4v) is 3.65. The first-order valence-electron chi connectivity index (χ1n) is 7.43. The van der Waals surface area contributed by atoms with E-state index in [2.05, 4.69) is 22.6 Å². The van der Waals surface area contributed by atoms with Gasteiger partial charge in [-0.1, -0.05) is 6.42 Å². The van der Waals surface area contributed by atoms with Gasteiger partial charge in [-0.15, -0.1) is 0 Å². The van der Waals surface area contributed by atoms with Crippen LogP contribution in [-0.2, 0) is 4.79 Å². The van der Waals surface area contributed by atoms with E-state index < -0.39 is 5.54 Å². The van der Waals surface area contributed by atoms with Crippen molar-refractivity contribution in [3.8, 4) is 0 Å². The molecule has 1 spiro atoms. The van der Waals surface area contributed by atoms with Crippen LogP contribution >= 0.6 is 0 Å². The third kappa shape index (κ3) is 2.36. The quantitative estimate of drug-likeness (QED) is 0.755. The van der Waals surface area contributed by atoms with Crippen molar-refractivity contribution in [1.29, 1.82) is 0 Å². The Morgan fingerprint density at radius 2 is 1.89 bits per heavy atom. The van der Waals surface area contributed by atoms with E-state index in [0.717, 1.165) is 31.6 Å². The molecular formula is C14H23N3O2. The maximum atomic E-state index is 11.9. The van der Waals surface area contributed by atoms with Gasteiger partial charge in [0.1, 0.15) is 5.54 Å². The van der Waals surface area contributed by atoms with E-state index in [-0.39, 0.29) is 11.9 Å². The van der Waals surface area contributed by atoms with Crippen molar-refractivity contribution in [2.24, 2.45) is 5.92 Å². The second kappa shape index (κ2) is 4.78. The second-order valence-electron chi connectivity index (χ2n) is 6.46. The first-order chi connectivity index (χ1) is 9.09. The standard InChI is InChI=1S/C14H23N3O2/c1-17(9-10-3-2-4-10)11-5-7-14(8-6-11)12(18)15-13(19)16-14/h10-11H,2-9H2,1H3,(H2,15,16,18,19). The molecule has 0 bridgehead atoms. The zero-order valence-electron chi connectivity index (χ0n) is 11.6. The summed E-state index contributed by atoms with van der Waals surface area (Å²) < 4.78 is 0. The molecule has 0 radical (unpaired) electrons. The summed E-state index contributed by atoms with van der Waals surface area (Å²) in [5.74, 6) is 0.757. The molecule has 0 aromatic heterocycles. The van der Waals surface area contributed by atoms with Crippen LogP contribution in [0.1, 0.15) is 44.9 Å². The lowest BCUT2D eigenvalue weighted by molar-refractivity contribution is -0.125. The van der Waals surface area contributed by atoms with Crippen LogP contribution in [0.2, 0.25) is 0 Å². The minimum Gasteiger partial charge on any atom is -0.323 e. The molecule has 106 valence electrons. The second-order valence-corrected chi connectivity index (χ2v) is 6.46. The Labute approximate surface area is 114 Å². The highest BCUT2D eigenvalue weighted by atomic mass is 16.2. The summed E-state index contributed by atoms with van der Waals surface area (Å²) in [5, 5.41) is 5.19. The molecule has 2 saturated carbocycles. The van der Waals surface area contributed by atoms with Crippen LogP contribution < -0.4 is 10.6 Å². The average Bonchev–Trinajstić information content (AvgIpc) is 2.59. The number of carbonyl (C=O) groups excluding carboxylic acids is 2. The zero-order chi connectivity index (χ0) is 13.5. The minimum atomic E-state index is -0.606. The van der Waals surface area contributed by atoms with Crippen molar-refractivity contribution in [1.82, 2.24) is 15.5 Å². The van der Waals surface area contributed by atoms with Gasteiger partial charge >= 0.3 is 6.03 Å². The number of amides is 3. The predicted octanol–water partition coefficient (Wildman–Crippen LogP) is 1.24. The number of rotatable bonds is 3. The number of nitrogens with one attached hydrogen (secondary N) is 2. The van der Waals surface area contributed by atoms with E-state index in [1.54, 1.807) is 0 Å². The van der Waals surface area contributed by atoms with Gasteiger partial charge in [-0.05, 0) is 51.5 Å². The SMILES string of the molecule is CN(CC1CCC1)C1CCC2(CC1)NC(=O)NC2=O.